The third-order valence-corrected chi connectivity index (χ3v) is 4.17. The first-order valence-electron chi connectivity index (χ1n) is 8.81. The number of ether oxygens (including phenoxy) is 2. The van der Waals surface area contributed by atoms with Gasteiger partial charge in [0.15, 0.2) is 0 Å². The lowest BCUT2D eigenvalue weighted by Crippen LogP contribution is -2.13. The van der Waals surface area contributed by atoms with Crippen molar-refractivity contribution in [1.82, 2.24) is 9.97 Å². The van der Waals surface area contributed by atoms with E-state index in [4.69, 9.17) is 9.47 Å². The number of hydrogen-bond acceptors (Lipinski definition) is 6. The molecule has 0 amide bonds. The molecular formula is C22H16N2O4. The zero-order chi connectivity index (χ0) is 19.5. The molecule has 0 fully saturated rings. The summed E-state index contributed by atoms with van der Waals surface area (Å²) >= 11 is 0. The maximum absolute atomic E-state index is 12.9. The molecule has 0 N–H and O–H groups in total. The number of nitrogens with zero attached hydrogens (tertiary/aromatic N) is 2. The molecule has 0 unspecified atom stereocenters. The molecule has 0 aliphatic carbocycles. The number of esters is 2. The van der Waals surface area contributed by atoms with Gasteiger partial charge in [-0.25, -0.2) is 19.6 Å². The molecule has 4 aromatic rings. The van der Waals surface area contributed by atoms with Crippen molar-refractivity contribution in [3.8, 4) is 5.75 Å². The normalized spacial score (nSPS) is 10.8. The van der Waals surface area contributed by atoms with Crippen molar-refractivity contribution in [2.75, 3.05) is 6.61 Å². The molecule has 0 aliphatic heterocycles. The molecule has 4 rings (SSSR count). The average molecular weight is 372 g/mol. The van der Waals surface area contributed by atoms with Crippen LogP contribution < -0.4 is 4.74 Å². The van der Waals surface area contributed by atoms with E-state index >= 15 is 0 Å². The monoisotopic (exact) mass is 372 g/mol. The first kappa shape index (κ1) is 17.6. The molecule has 6 heteroatoms. The van der Waals surface area contributed by atoms with Crippen molar-refractivity contribution in [2.45, 2.75) is 6.92 Å². The molecule has 0 atom stereocenters. The zero-order valence-electron chi connectivity index (χ0n) is 15.1. The van der Waals surface area contributed by atoms with Crippen LogP contribution in [0.15, 0.2) is 66.7 Å². The van der Waals surface area contributed by atoms with Gasteiger partial charge in [-0.05, 0) is 43.3 Å². The molecule has 6 nitrogen and oxygen atoms in total. The predicted molar refractivity (Wildman–Crippen MR) is 104 cm³/mol. The van der Waals surface area contributed by atoms with Gasteiger partial charge >= 0.3 is 11.9 Å². The van der Waals surface area contributed by atoms with Gasteiger partial charge in [0, 0.05) is 0 Å². The van der Waals surface area contributed by atoms with E-state index in [1.165, 1.54) is 0 Å². The third-order valence-electron chi connectivity index (χ3n) is 4.17. The van der Waals surface area contributed by atoms with Crippen LogP contribution >= 0.6 is 0 Å². The van der Waals surface area contributed by atoms with Gasteiger partial charge < -0.3 is 9.47 Å². The minimum atomic E-state index is -0.619. The highest BCUT2D eigenvalue weighted by molar-refractivity contribution is 6.05. The Bertz CT molecular complexity index is 1200. The summed E-state index contributed by atoms with van der Waals surface area (Å²) < 4.78 is 10.5. The van der Waals surface area contributed by atoms with E-state index in [9.17, 15) is 9.59 Å². The Morgan fingerprint density at radius 2 is 1.39 bits per heavy atom. The number of para-hydroxylation sites is 4. The molecule has 0 saturated carbocycles. The van der Waals surface area contributed by atoms with Crippen LogP contribution in [0.25, 0.3) is 22.1 Å². The molecule has 0 saturated heterocycles. The zero-order valence-corrected chi connectivity index (χ0v) is 15.1. The Balaban J connectivity index is 1.74. The van der Waals surface area contributed by atoms with Crippen LogP contribution in [0, 0.1) is 0 Å². The van der Waals surface area contributed by atoms with Crippen LogP contribution in [0.5, 0.6) is 5.75 Å². The summed E-state index contributed by atoms with van der Waals surface area (Å²) in [7, 11) is 0. The number of benzene rings is 3. The van der Waals surface area contributed by atoms with E-state index < -0.39 is 11.9 Å². The smallest absolute Gasteiger partial charge is 0.345 e. The Labute approximate surface area is 160 Å². The van der Waals surface area contributed by atoms with Gasteiger partial charge in [-0.3, -0.25) is 0 Å². The molecule has 0 aliphatic rings. The summed E-state index contributed by atoms with van der Waals surface area (Å²) in [6.07, 6.45) is 0. The molecule has 138 valence electrons. The molecule has 0 bridgehead atoms. The highest BCUT2D eigenvalue weighted by atomic mass is 16.5. The fourth-order valence-electron chi connectivity index (χ4n) is 2.90. The van der Waals surface area contributed by atoms with Crippen molar-refractivity contribution in [2.24, 2.45) is 0 Å². The number of aromatic nitrogens is 2. The maximum Gasteiger partial charge on any atom is 0.345 e. The van der Waals surface area contributed by atoms with Gasteiger partial charge in [0.05, 0.1) is 28.7 Å². The molecule has 0 radical (unpaired) electrons. The van der Waals surface area contributed by atoms with Crippen LogP contribution in [0.1, 0.15) is 27.6 Å². The first-order chi connectivity index (χ1) is 13.7. The maximum atomic E-state index is 12.9. The summed E-state index contributed by atoms with van der Waals surface area (Å²) in [6, 6.07) is 19.0. The summed E-state index contributed by atoms with van der Waals surface area (Å²) in [5.41, 5.74) is 2.92. The molecule has 28 heavy (non-hydrogen) atoms. The van der Waals surface area contributed by atoms with E-state index in [1.807, 2.05) is 24.3 Å². The van der Waals surface area contributed by atoms with E-state index in [1.54, 1.807) is 49.4 Å². The minimum absolute atomic E-state index is 0.136. The second kappa shape index (κ2) is 7.44. The van der Waals surface area contributed by atoms with Crippen LogP contribution in [0.3, 0.4) is 0 Å². The van der Waals surface area contributed by atoms with Crippen LogP contribution in [-0.2, 0) is 4.74 Å². The Kier molecular flexibility index (Phi) is 4.68. The van der Waals surface area contributed by atoms with Crippen molar-refractivity contribution >= 4 is 34.0 Å². The molecule has 1 heterocycles. The van der Waals surface area contributed by atoms with E-state index in [0.29, 0.717) is 16.6 Å². The Morgan fingerprint density at radius 3 is 2.18 bits per heavy atom. The molecule has 1 aromatic heterocycles. The Hall–Kier alpha value is -3.80. The quantitative estimate of drug-likeness (QED) is 0.304. The van der Waals surface area contributed by atoms with Crippen molar-refractivity contribution in [1.29, 1.82) is 0 Å². The summed E-state index contributed by atoms with van der Waals surface area (Å²) in [6.45, 7) is 1.94. The number of fused-ring (bicyclic) bond motifs is 2. The van der Waals surface area contributed by atoms with Gasteiger partial charge in [-0.15, -0.1) is 0 Å². The standard InChI is InChI=1S/C22H16N2O4/c1-2-27-21(25)14-8-3-6-13-19(14)28-22(26)15-9-7-12-18-20(15)24-17-11-5-4-10-16(17)23-18/h3-13H,2H2,1H3. The second-order valence-corrected chi connectivity index (χ2v) is 5.99. The highest BCUT2D eigenvalue weighted by Gasteiger charge is 2.19. The lowest BCUT2D eigenvalue weighted by atomic mass is 10.1. The predicted octanol–water partition coefficient (Wildman–Crippen LogP) is 4.18. The topological polar surface area (TPSA) is 78.4 Å². The fourth-order valence-corrected chi connectivity index (χ4v) is 2.90. The number of carbonyl (C=O) groups excluding carboxylic acids is 2. The van der Waals surface area contributed by atoms with Crippen LogP contribution in [0.2, 0.25) is 0 Å². The van der Waals surface area contributed by atoms with Crippen molar-refractivity contribution in [3.05, 3.63) is 77.9 Å². The van der Waals surface area contributed by atoms with Crippen molar-refractivity contribution < 1.29 is 19.1 Å². The van der Waals surface area contributed by atoms with E-state index in [0.717, 1.165) is 5.52 Å². The van der Waals surface area contributed by atoms with Crippen LogP contribution in [-0.4, -0.2) is 28.5 Å². The lowest BCUT2D eigenvalue weighted by Gasteiger charge is -2.10. The summed E-state index contributed by atoms with van der Waals surface area (Å²) in [5, 5.41) is 0. The SMILES string of the molecule is CCOC(=O)c1ccccc1OC(=O)c1cccc2nc3ccccc3nc12. The second-order valence-electron chi connectivity index (χ2n) is 5.99. The first-order valence-corrected chi connectivity index (χ1v) is 8.81. The van der Waals surface area contributed by atoms with Gasteiger partial charge in [0.1, 0.15) is 16.8 Å². The lowest BCUT2D eigenvalue weighted by molar-refractivity contribution is 0.0520. The largest absolute Gasteiger partial charge is 0.462 e. The number of carbonyl (C=O) groups is 2. The van der Waals surface area contributed by atoms with Gasteiger partial charge in [0.2, 0.25) is 0 Å². The van der Waals surface area contributed by atoms with Gasteiger partial charge in [0.25, 0.3) is 0 Å². The molecular weight excluding hydrogens is 356 g/mol. The number of rotatable bonds is 4. The van der Waals surface area contributed by atoms with Gasteiger partial charge in [-0.2, -0.15) is 0 Å². The highest BCUT2D eigenvalue weighted by Crippen LogP contribution is 2.23. The summed E-state index contributed by atoms with van der Waals surface area (Å²) in [4.78, 5) is 34.1. The fraction of sp³-hybridized carbons (Fsp3) is 0.0909. The third kappa shape index (κ3) is 3.27. The van der Waals surface area contributed by atoms with E-state index in [2.05, 4.69) is 9.97 Å². The summed E-state index contributed by atoms with van der Waals surface area (Å²) in [5.74, 6) is -1.03. The van der Waals surface area contributed by atoms with Crippen LogP contribution in [0.4, 0.5) is 0 Å². The Morgan fingerprint density at radius 1 is 0.750 bits per heavy atom. The average Bonchev–Trinajstić information content (AvgIpc) is 2.72. The minimum Gasteiger partial charge on any atom is -0.462 e. The van der Waals surface area contributed by atoms with E-state index in [-0.39, 0.29) is 23.5 Å². The van der Waals surface area contributed by atoms with Gasteiger partial charge in [-0.1, -0.05) is 30.3 Å². The molecule has 0 spiro atoms. The number of hydrogen-bond donors (Lipinski definition) is 0. The molecule has 3 aromatic carbocycles. The van der Waals surface area contributed by atoms with Crippen molar-refractivity contribution in [3.63, 3.8) is 0 Å².